The predicted octanol–water partition coefficient (Wildman–Crippen LogP) is 3.45. The van der Waals surface area contributed by atoms with Gasteiger partial charge in [-0.25, -0.2) is 8.42 Å². The molecule has 3 rings (SSSR count). The van der Waals surface area contributed by atoms with Gasteiger partial charge in [-0.1, -0.05) is 30.3 Å². The van der Waals surface area contributed by atoms with Crippen molar-refractivity contribution in [1.82, 2.24) is 9.88 Å². The molecule has 2 aromatic rings. The van der Waals surface area contributed by atoms with E-state index in [-0.39, 0.29) is 5.75 Å². The summed E-state index contributed by atoms with van der Waals surface area (Å²) in [4.78, 5) is 6.93. The van der Waals surface area contributed by atoms with Crippen molar-refractivity contribution in [2.75, 3.05) is 19.3 Å². The van der Waals surface area contributed by atoms with Crippen molar-refractivity contribution in [3.63, 3.8) is 0 Å². The Bertz CT molecular complexity index is 777. The molecule has 1 aliphatic heterocycles. The number of sulfone groups is 1. The normalized spacial score (nSPS) is 17.1. The van der Waals surface area contributed by atoms with Gasteiger partial charge in [0.2, 0.25) is 0 Å². The molecule has 0 spiro atoms. The number of likely N-dealkylation sites (tertiary alicyclic amines) is 1. The molecule has 1 atom stereocenters. The molecule has 2 heterocycles. The van der Waals surface area contributed by atoms with Crippen LogP contribution in [0.3, 0.4) is 0 Å². The number of nitrogens with zero attached hydrogens (tertiary/aromatic N) is 2. The highest BCUT2D eigenvalue weighted by molar-refractivity contribution is 7.89. The van der Waals surface area contributed by atoms with E-state index in [9.17, 15) is 8.42 Å². The number of hydrogen-bond donors (Lipinski definition) is 0. The molecule has 1 aromatic carbocycles. The van der Waals surface area contributed by atoms with Gasteiger partial charge in [0.1, 0.15) is 0 Å². The zero-order valence-electron chi connectivity index (χ0n) is 14.3. The minimum Gasteiger partial charge on any atom is -0.297 e. The second-order valence-electron chi connectivity index (χ2n) is 6.66. The SMILES string of the molecule is CC(c1ccc(-c2ccc(CS(C)(=O)=O)cn2)cc1)N1CCCC1. The molecule has 0 aliphatic carbocycles. The van der Waals surface area contributed by atoms with E-state index in [4.69, 9.17) is 0 Å². The molecule has 1 fully saturated rings. The fourth-order valence-electron chi connectivity index (χ4n) is 3.26. The first-order valence-electron chi connectivity index (χ1n) is 8.39. The predicted molar refractivity (Wildman–Crippen MR) is 97.4 cm³/mol. The van der Waals surface area contributed by atoms with Gasteiger partial charge in [-0.2, -0.15) is 0 Å². The topological polar surface area (TPSA) is 50.3 Å². The highest BCUT2D eigenvalue weighted by atomic mass is 32.2. The molecule has 0 amide bonds. The Kier molecular flexibility index (Phi) is 5.01. The third-order valence-electron chi connectivity index (χ3n) is 4.63. The molecule has 1 saturated heterocycles. The Morgan fingerprint density at radius 3 is 2.29 bits per heavy atom. The third kappa shape index (κ3) is 4.22. The Labute approximate surface area is 144 Å². The molecule has 0 radical (unpaired) electrons. The van der Waals surface area contributed by atoms with Crippen LogP contribution in [0.2, 0.25) is 0 Å². The first-order chi connectivity index (χ1) is 11.4. The lowest BCUT2D eigenvalue weighted by molar-refractivity contribution is 0.263. The third-order valence-corrected chi connectivity index (χ3v) is 5.49. The lowest BCUT2D eigenvalue weighted by Crippen LogP contribution is -2.23. The summed E-state index contributed by atoms with van der Waals surface area (Å²) >= 11 is 0. The van der Waals surface area contributed by atoms with Gasteiger partial charge in [-0.15, -0.1) is 0 Å². The van der Waals surface area contributed by atoms with Crippen molar-refractivity contribution in [3.05, 3.63) is 53.7 Å². The Balaban J connectivity index is 1.73. The number of pyridine rings is 1. The first-order valence-corrected chi connectivity index (χ1v) is 10.5. The summed E-state index contributed by atoms with van der Waals surface area (Å²) in [5.74, 6) is 0.0343. The number of rotatable bonds is 5. The standard InChI is InChI=1S/C19H24N2O2S/c1-15(21-11-3-4-12-21)17-6-8-18(9-7-17)19-10-5-16(13-20-19)14-24(2,22)23/h5-10,13,15H,3-4,11-12,14H2,1-2H3. The molecule has 1 unspecified atom stereocenters. The summed E-state index contributed by atoms with van der Waals surface area (Å²) in [6.45, 7) is 4.64. The van der Waals surface area contributed by atoms with Gasteiger partial charge in [0, 0.05) is 24.1 Å². The van der Waals surface area contributed by atoms with Crippen LogP contribution in [0.25, 0.3) is 11.3 Å². The van der Waals surface area contributed by atoms with Gasteiger partial charge in [0.25, 0.3) is 0 Å². The molecule has 0 N–H and O–H groups in total. The lowest BCUT2D eigenvalue weighted by atomic mass is 10.0. The van der Waals surface area contributed by atoms with Crippen molar-refractivity contribution in [2.24, 2.45) is 0 Å². The minimum atomic E-state index is -3.02. The summed E-state index contributed by atoms with van der Waals surface area (Å²) in [5.41, 5.74) is 3.97. The quantitative estimate of drug-likeness (QED) is 0.833. The monoisotopic (exact) mass is 344 g/mol. The molecule has 4 nitrogen and oxygen atoms in total. The summed E-state index contributed by atoms with van der Waals surface area (Å²) in [7, 11) is -3.02. The van der Waals surface area contributed by atoms with Crippen molar-refractivity contribution < 1.29 is 8.42 Å². The average Bonchev–Trinajstić information content (AvgIpc) is 3.08. The zero-order valence-corrected chi connectivity index (χ0v) is 15.1. The molecule has 1 aliphatic rings. The number of hydrogen-bond acceptors (Lipinski definition) is 4. The maximum absolute atomic E-state index is 11.3. The highest BCUT2D eigenvalue weighted by Crippen LogP contribution is 2.26. The van der Waals surface area contributed by atoms with E-state index in [0.29, 0.717) is 6.04 Å². The van der Waals surface area contributed by atoms with Crippen LogP contribution in [0.4, 0.5) is 0 Å². The van der Waals surface area contributed by atoms with E-state index in [2.05, 4.69) is 41.1 Å². The molecule has 128 valence electrons. The smallest absolute Gasteiger partial charge is 0.151 e. The minimum absolute atomic E-state index is 0.0343. The van der Waals surface area contributed by atoms with Crippen molar-refractivity contribution in [3.8, 4) is 11.3 Å². The van der Waals surface area contributed by atoms with Crippen LogP contribution in [-0.2, 0) is 15.6 Å². The van der Waals surface area contributed by atoms with E-state index in [1.807, 2.05) is 12.1 Å². The van der Waals surface area contributed by atoms with Crippen LogP contribution in [0.1, 0.15) is 36.9 Å². The van der Waals surface area contributed by atoms with Crippen molar-refractivity contribution >= 4 is 9.84 Å². The van der Waals surface area contributed by atoms with Crippen molar-refractivity contribution in [1.29, 1.82) is 0 Å². The highest BCUT2D eigenvalue weighted by Gasteiger charge is 2.19. The molecule has 24 heavy (non-hydrogen) atoms. The Morgan fingerprint density at radius 2 is 1.75 bits per heavy atom. The van der Waals surface area contributed by atoms with E-state index in [0.717, 1.165) is 16.8 Å². The summed E-state index contributed by atoms with van der Waals surface area (Å²) in [6.07, 6.45) is 5.48. The van der Waals surface area contributed by atoms with Crippen LogP contribution < -0.4 is 0 Å². The number of aromatic nitrogens is 1. The van der Waals surface area contributed by atoms with Crippen LogP contribution in [0.5, 0.6) is 0 Å². The Hall–Kier alpha value is -1.72. The second kappa shape index (κ2) is 7.03. The van der Waals surface area contributed by atoms with Crippen LogP contribution in [0, 0.1) is 0 Å². The van der Waals surface area contributed by atoms with E-state index >= 15 is 0 Å². The van der Waals surface area contributed by atoms with Crippen molar-refractivity contribution in [2.45, 2.75) is 31.6 Å². The molecular formula is C19H24N2O2S. The van der Waals surface area contributed by atoms with Crippen LogP contribution in [0.15, 0.2) is 42.6 Å². The van der Waals surface area contributed by atoms with Gasteiger partial charge in [0.15, 0.2) is 9.84 Å². The fourth-order valence-corrected chi connectivity index (χ4v) is 4.03. The summed E-state index contributed by atoms with van der Waals surface area (Å²) in [5, 5.41) is 0. The van der Waals surface area contributed by atoms with Gasteiger partial charge in [0.05, 0.1) is 11.4 Å². The summed E-state index contributed by atoms with van der Waals surface area (Å²) in [6, 6.07) is 12.7. The Morgan fingerprint density at radius 1 is 1.08 bits per heavy atom. The first kappa shape index (κ1) is 17.1. The fraction of sp³-hybridized carbons (Fsp3) is 0.421. The molecule has 0 saturated carbocycles. The maximum atomic E-state index is 11.3. The molecule has 5 heteroatoms. The van der Waals surface area contributed by atoms with Gasteiger partial charge < -0.3 is 0 Å². The average molecular weight is 344 g/mol. The van der Waals surface area contributed by atoms with Gasteiger partial charge in [-0.3, -0.25) is 9.88 Å². The molecular weight excluding hydrogens is 320 g/mol. The van der Waals surface area contributed by atoms with E-state index < -0.39 is 9.84 Å². The van der Waals surface area contributed by atoms with Gasteiger partial charge in [-0.05, 0) is 50.0 Å². The van der Waals surface area contributed by atoms with E-state index in [1.165, 1.54) is 37.8 Å². The molecule has 0 bridgehead atoms. The molecule has 1 aromatic heterocycles. The summed E-state index contributed by atoms with van der Waals surface area (Å²) < 4.78 is 22.7. The zero-order chi connectivity index (χ0) is 17.2. The lowest BCUT2D eigenvalue weighted by Gasteiger charge is -2.24. The maximum Gasteiger partial charge on any atom is 0.151 e. The second-order valence-corrected chi connectivity index (χ2v) is 8.80. The van der Waals surface area contributed by atoms with Gasteiger partial charge >= 0.3 is 0 Å². The van der Waals surface area contributed by atoms with E-state index in [1.54, 1.807) is 6.20 Å². The van der Waals surface area contributed by atoms with Crippen LogP contribution >= 0.6 is 0 Å². The van der Waals surface area contributed by atoms with Crippen LogP contribution in [-0.4, -0.2) is 37.6 Å². The largest absolute Gasteiger partial charge is 0.297 e. The number of benzene rings is 1.